The van der Waals surface area contributed by atoms with Crippen molar-refractivity contribution in [3.05, 3.63) is 74.9 Å². The Morgan fingerprint density at radius 3 is 2.75 bits per heavy atom. The molecule has 0 fully saturated rings. The van der Waals surface area contributed by atoms with Gasteiger partial charge in [0.1, 0.15) is 5.82 Å². The molecule has 1 aliphatic carbocycles. The number of amides is 2. The maximum absolute atomic E-state index is 13.3. The number of urea groups is 1. The summed E-state index contributed by atoms with van der Waals surface area (Å²) in [7, 11) is 1.72. The summed E-state index contributed by atoms with van der Waals surface area (Å²) in [6.07, 6.45) is 2.43. The van der Waals surface area contributed by atoms with E-state index in [1.807, 2.05) is 18.2 Å². The van der Waals surface area contributed by atoms with Gasteiger partial charge in [0, 0.05) is 29.4 Å². The van der Waals surface area contributed by atoms with Gasteiger partial charge >= 0.3 is 6.03 Å². The molecule has 0 radical (unpaired) electrons. The zero-order chi connectivity index (χ0) is 19.8. The average molecular weight is 400 g/mol. The van der Waals surface area contributed by atoms with E-state index in [0.29, 0.717) is 11.1 Å². The molecule has 1 aromatic heterocycles. The lowest BCUT2D eigenvalue weighted by Crippen LogP contribution is -2.37. The van der Waals surface area contributed by atoms with Gasteiger partial charge in [-0.2, -0.15) is 0 Å². The lowest BCUT2D eigenvalue weighted by Gasteiger charge is -2.34. The molecule has 28 heavy (non-hydrogen) atoms. The number of hydrogen-bond donors (Lipinski definition) is 2. The van der Waals surface area contributed by atoms with Gasteiger partial charge in [0.15, 0.2) is 0 Å². The van der Waals surface area contributed by atoms with Crippen LogP contribution < -0.4 is 10.9 Å². The van der Waals surface area contributed by atoms with Crippen LogP contribution in [0.2, 0.25) is 5.02 Å². The SMILES string of the molecule is CN(C(=O)Nc1ccc(F)c(Cl)c1)[C@@H]1CCCc2[nH]c(=O)c3ccccc3c21. The molecule has 0 saturated carbocycles. The smallest absolute Gasteiger partial charge is 0.322 e. The zero-order valence-corrected chi connectivity index (χ0v) is 16.0. The van der Waals surface area contributed by atoms with Crippen LogP contribution in [0.15, 0.2) is 47.3 Å². The Balaban J connectivity index is 1.69. The number of fused-ring (bicyclic) bond motifs is 3. The van der Waals surface area contributed by atoms with Crippen molar-refractivity contribution in [1.29, 1.82) is 0 Å². The minimum Gasteiger partial charge on any atom is -0.325 e. The molecular formula is C21H19ClFN3O2. The summed E-state index contributed by atoms with van der Waals surface area (Å²) >= 11 is 5.80. The molecule has 5 nitrogen and oxygen atoms in total. The van der Waals surface area contributed by atoms with Crippen molar-refractivity contribution < 1.29 is 9.18 Å². The Morgan fingerprint density at radius 2 is 2.00 bits per heavy atom. The Kier molecular flexibility index (Phi) is 4.81. The minimum absolute atomic E-state index is 0.0490. The number of aryl methyl sites for hydroxylation is 1. The van der Waals surface area contributed by atoms with Gasteiger partial charge < -0.3 is 15.2 Å². The second-order valence-corrected chi connectivity index (χ2v) is 7.38. The van der Waals surface area contributed by atoms with Gasteiger partial charge in [-0.05, 0) is 48.9 Å². The molecule has 1 heterocycles. The van der Waals surface area contributed by atoms with Crippen LogP contribution in [-0.2, 0) is 6.42 Å². The highest BCUT2D eigenvalue weighted by Crippen LogP contribution is 2.36. The fraction of sp³-hybridized carbons (Fsp3) is 0.238. The van der Waals surface area contributed by atoms with Crippen LogP contribution in [0, 0.1) is 5.82 Å². The molecule has 0 aliphatic heterocycles. The Hall–Kier alpha value is -2.86. The lowest BCUT2D eigenvalue weighted by molar-refractivity contribution is 0.197. The summed E-state index contributed by atoms with van der Waals surface area (Å²) in [5.41, 5.74) is 2.18. The molecule has 1 aliphatic rings. The first kappa shape index (κ1) is 18.5. The maximum atomic E-state index is 13.3. The third kappa shape index (κ3) is 3.24. The van der Waals surface area contributed by atoms with E-state index in [4.69, 9.17) is 11.6 Å². The first-order valence-corrected chi connectivity index (χ1v) is 9.46. The Bertz CT molecular complexity index is 1130. The van der Waals surface area contributed by atoms with Gasteiger partial charge in [-0.3, -0.25) is 4.79 Å². The van der Waals surface area contributed by atoms with Gasteiger partial charge in [-0.15, -0.1) is 0 Å². The molecule has 0 saturated heterocycles. The number of halogens is 2. The van der Waals surface area contributed by atoms with E-state index in [2.05, 4.69) is 10.3 Å². The summed E-state index contributed by atoms with van der Waals surface area (Å²) < 4.78 is 13.3. The number of nitrogens with zero attached hydrogens (tertiary/aromatic N) is 1. The predicted molar refractivity (Wildman–Crippen MR) is 108 cm³/mol. The van der Waals surface area contributed by atoms with Gasteiger partial charge in [0.2, 0.25) is 0 Å². The number of aromatic nitrogens is 1. The predicted octanol–water partition coefficient (Wildman–Crippen LogP) is 4.86. The maximum Gasteiger partial charge on any atom is 0.322 e. The van der Waals surface area contributed by atoms with E-state index in [-0.39, 0.29) is 22.7 Å². The topological polar surface area (TPSA) is 65.2 Å². The molecule has 0 unspecified atom stereocenters. The number of hydrogen-bond acceptors (Lipinski definition) is 2. The third-order valence-electron chi connectivity index (χ3n) is 5.25. The largest absolute Gasteiger partial charge is 0.325 e. The summed E-state index contributed by atoms with van der Waals surface area (Å²) in [4.78, 5) is 29.8. The molecule has 1 atom stereocenters. The molecule has 7 heteroatoms. The van der Waals surface area contributed by atoms with Crippen LogP contribution in [0.25, 0.3) is 10.8 Å². The van der Waals surface area contributed by atoms with Gasteiger partial charge in [-0.25, -0.2) is 9.18 Å². The summed E-state index contributed by atoms with van der Waals surface area (Å²) in [6.45, 7) is 0. The molecule has 3 aromatic rings. The summed E-state index contributed by atoms with van der Waals surface area (Å²) in [5.74, 6) is -0.537. The first-order chi connectivity index (χ1) is 13.5. The molecule has 0 bridgehead atoms. The molecule has 2 amide bonds. The van der Waals surface area contributed by atoms with Crippen molar-refractivity contribution in [3.8, 4) is 0 Å². The van der Waals surface area contributed by atoms with Crippen molar-refractivity contribution in [1.82, 2.24) is 9.88 Å². The molecule has 0 spiro atoms. The van der Waals surface area contributed by atoms with E-state index >= 15 is 0 Å². The van der Waals surface area contributed by atoms with Gasteiger partial charge in [-0.1, -0.05) is 29.8 Å². The van der Waals surface area contributed by atoms with E-state index in [1.165, 1.54) is 18.2 Å². The molecule has 2 N–H and O–H groups in total. The monoisotopic (exact) mass is 399 g/mol. The number of benzene rings is 2. The van der Waals surface area contributed by atoms with Gasteiger partial charge in [0.25, 0.3) is 5.56 Å². The fourth-order valence-corrected chi connectivity index (χ4v) is 4.04. The fourth-order valence-electron chi connectivity index (χ4n) is 3.86. The van der Waals surface area contributed by atoms with Crippen molar-refractivity contribution in [2.45, 2.75) is 25.3 Å². The normalized spacial score (nSPS) is 15.9. The molecule has 144 valence electrons. The number of anilines is 1. The summed E-state index contributed by atoms with van der Waals surface area (Å²) in [5, 5.41) is 4.20. The summed E-state index contributed by atoms with van der Waals surface area (Å²) in [6, 6.07) is 11.0. The average Bonchev–Trinajstić information content (AvgIpc) is 2.70. The standard InChI is InChI=1S/C21H19ClFN3O2/c1-26(21(28)24-12-9-10-16(23)15(22)11-12)18-8-4-7-17-19(18)13-5-2-3-6-14(13)20(27)25-17/h2-3,5-6,9-11,18H,4,7-8H2,1H3,(H,24,28)(H,25,27)/t18-/m1/s1. The van der Waals surface area contributed by atoms with Crippen LogP contribution in [0.3, 0.4) is 0 Å². The number of H-pyrrole nitrogens is 1. The van der Waals surface area contributed by atoms with Crippen LogP contribution in [0.1, 0.15) is 30.1 Å². The van der Waals surface area contributed by atoms with E-state index in [0.717, 1.165) is 35.9 Å². The highest BCUT2D eigenvalue weighted by molar-refractivity contribution is 6.31. The Labute approximate surface area is 166 Å². The number of carbonyl (C=O) groups is 1. The number of pyridine rings is 1. The van der Waals surface area contributed by atoms with Crippen molar-refractivity contribution in [2.75, 3.05) is 12.4 Å². The van der Waals surface area contributed by atoms with E-state index < -0.39 is 5.82 Å². The van der Waals surface area contributed by atoms with Crippen LogP contribution in [0.4, 0.5) is 14.9 Å². The lowest BCUT2D eigenvalue weighted by atomic mass is 9.87. The third-order valence-corrected chi connectivity index (χ3v) is 5.54. The molecule has 2 aromatic carbocycles. The highest BCUT2D eigenvalue weighted by atomic mass is 35.5. The zero-order valence-electron chi connectivity index (χ0n) is 15.3. The number of nitrogens with one attached hydrogen (secondary N) is 2. The van der Waals surface area contributed by atoms with E-state index in [9.17, 15) is 14.0 Å². The Morgan fingerprint density at radius 1 is 1.25 bits per heavy atom. The quantitative estimate of drug-likeness (QED) is 0.646. The first-order valence-electron chi connectivity index (χ1n) is 9.08. The number of rotatable bonds is 2. The van der Waals surface area contributed by atoms with E-state index in [1.54, 1.807) is 18.0 Å². The molecule has 4 rings (SSSR count). The second-order valence-electron chi connectivity index (χ2n) is 6.97. The number of aromatic amines is 1. The van der Waals surface area contributed by atoms with Gasteiger partial charge in [0.05, 0.1) is 11.1 Å². The van der Waals surface area contributed by atoms with Crippen LogP contribution in [-0.4, -0.2) is 23.0 Å². The minimum atomic E-state index is -0.537. The van der Waals surface area contributed by atoms with Crippen molar-refractivity contribution >= 4 is 34.1 Å². The van der Waals surface area contributed by atoms with Crippen molar-refractivity contribution in [2.24, 2.45) is 0 Å². The second kappa shape index (κ2) is 7.28. The highest BCUT2D eigenvalue weighted by Gasteiger charge is 2.29. The number of carbonyl (C=O) groups excluding carboxylic acids is 1. The van der Waals surface area contributed by atoms with Crippen molar-refractivity contribution in [3.63, 3.8) is 0 Å². The van der Waals surface area contributed by atoms with Crippen LogP contribution in [0.5, 0.6) is 0 Å². The molecular weight excluding hydrogens is 381 g/mol. The van der Waals surface area contributed by atoms with Crippen LogP contribution >= 0.6 is 11.6 Å².